The zero-order valence-electron chi connectivity index (χ0n) is 7.19. The molecule has 0 aliphatic rings. The number of nitrogens with zero attached hydrogens (tertiary/aromatic N) is 3. The van der Waals surface area contributed by atoms with Gasteiger partial charge in [0.05, 0.1) is 12.7 Å². The Hall–Kier alpha value is -1.78. The summed E-state index contributed by atoms with van der Waals surface area (Å²) >= 11 is 0. The zero-order chi connectivity index (χ0) is 9.97. The minimum absolute atomic E-state index is 0.386. The minimum atomic E-state index is -0.845. The first kappa shape index (κ1) is 8.80. The van der Waals surface area contributed by atoms with Crippen LogP contribution in [0.3, 0.4) is 0 Å². The monoisotopic (exact) mass is 195 g/mol. The highest BCUT2D eigenvalue weighted by atomic mass is 19.2. The van der Waals surface area contributed by atoms with Crippen molar-refractivity contribution in [2.45, 2.75) is 6.54 Å². The number of hydrogen-bond acceptors (Lipinski definition) is 2. The Kier molecular flexibility index (Phi) is 2.22. The molecule has 0 atom stereocenters. The van der Waals surface area contributed by atoms with Gasteiger partial charge in [-0.05, 0) is 17.7 Å². The van der Waals surface area contributed by atoms with Gasteiger partial charge in [-0.15, -0.1) is 5.10 Å². The average Bonchev–Trinajstić information content (AvgIpc) is 2.64. The van der Waals surface area contributed by atoms with E-state index in [1.807, 2.05) is 0 Å². The quantitative estimate of drug-likeness (QED) is 0.728. The number of aromatic nitrogens is 3. The van der Waals surface area contributed by atoms with Crippen molar-refractivity contribution in [3.05, 3.63) is 47.8 Å². The summed E-state index contributed by atoms with van der Waals surface area (Å²) in [7, 11) is 0. The molecule has 72 valence electrons. The van der Waals surface area contributed by atoms with Gasteiger partial charge >= 0.3 is 0 Å². The van der Waals surface area contributed by atoms with Gasteiger partial charge < -0.3 is 0 Å². The zero-order valence-corrected chi connectivity index (χ0v) is 7.19. The molecule has 0 fully saturated rings. The maximum Gasteiger partial charge on any atom is 0.159 e. The van der Waals surface area contributed by atoms with Gasteiger partial charge in [0, 0.05) is 6.20 Å². The third kappa shape index (κ3) is 1.76. The van der Waals surface area contributed by atoms with Gasteiger partial charge in [0.1, 0.15) is 0 Å². The summed E-state index contributed by atoms with van der Waals surface area (Å²) in [4.78, 5) is 0. The van der Waals surface area contributed by atoms with E-state index in [2.05, 4.69) is 10.3 Å². The van der Waals surface area contributed by atoms with Crippen molar-refractivity contribution in [3.63, 3.8) is 0 Å². The normalized spacial score (nSPS) is 10.4. The molecule has 1 aromatic heterocycles. The highest BCUT2D eigenvalue weighted by Crippen LogP contribution is 2.09. The number of rotatable bonds is 2. The fraction of sp³-hybridized carbons (Fsp3) is 0.111. The van der Waals surface area contributed by atoms with Gasteiger partial charge in [-0.25, -0.2) is 13.5 Å². The van der Waals surface area contributed by atoms with E-state index in [-0.39, 0.29) is 0 Å². The second-order valence-corrected chi connectivity index (χ2v) is 2.85. The Bertz CT molecular complexity index is 426. The Morgan fingerprint density at radius 2 is 2.07 bits per heavy atom. The molecule has 3 nitrogen and oxygen atoms in total. The lowest BCUT2D eigenvalue weighted by Crippen LogP contribution is -2.01. The Balaban J connectivity index is 2.22. The predicted octanol–water partition coefficient (Wildman–Crippen LogP) is 1.60. The van der Waals surface area contributed by atoms with Crippen LogP contribution < -0.4 is 0 Å². The highest BCUT2D eigenvalue weighted by molar-refractivity contribution is 5.17. The largest absolute Gasteiger partial charge is 0.248 e. The van der Waals surface area contributed by atoms with E-state index in [0.717, 1.165) is 12.1 Å². The summed E-state index contributed by atoms with van der Waals surface area (Å²) in [5, 5.41) is 7.32. The van der Waals surface area contributed by atoms with Gasteiger partial charge in [-0.3, -0.25) is 0 Å². The van der Waals surface area contributed by atoms with Crippen LogP contribution >= 0.6 is 0 Å². The Morgan fingerprint density at radius 1 is 1.21 bits per heavy atom. The Morgan fingerprint density at radius 3 is 2.71 bits per heavy atom. The summed E-state index contributed by atoms with van der Waals surface area (Å²) in [6.07, 6.45) is 3.18. The van der Waals surface area contributed by atoms with Gasteiger partial charge in [-0.1, -0.05) is 11.3 Å². The molecule has 14 heavy (non-hydrogen) atoms. The van der Waals surface area contributed by atoms with Crippen LogP contribution in [0.2, 0.25) is 0 Å². The number of halogens is 2. The summed E-state index contributed by atoms with van der Waals surface area (Å²) in [6, 6.07) is 3.76. The van der Waals surface area contributed by atoms with Crippen LogP contribution in [0, 0.1) is 11.6 Å². The van der Waals surface area contributed by atoms with Crippen molar-refractivity contribution in [2.75, 3.05) is 0 Å². The molecule has 1 heterocycles. The molecule has 0 N–H and O–H groups in total. The number of benzene rings is 1. The van der Waals surface area contributed by atoms with E-state index in [4.69, 9.17) is 0 Å². The van der Waals surface area contributed by atoms with E-state index in [1.54, 1.807) is 6.20 Å². The lowest BCUT2D eigenvalue weighted by atomic mass is 10.2. The lowest BCUT2D eigenvalue weighted by molar-refractivity contribution is 0.505. The highest BCUT2D eigenvalue weighted by Gasteiger charge is 2.02. The molecular formula is C9H7F2N3. The molecule has 1 aromatic carbocycles. The van der Waals surface area contributed by atoms with Gasteiger partial charge in [0.15, 0.2) is 11.6 Å². The van der Waals surface area contributed by atoms with Gasteiger partial charge in [0.25, 0.3) is 0 Å². The fourth-order valence-electron chi connectivity index (χ4n) is 1.14. The molecule has 2 rings (SSSR count). The van der Waals surface area contributed by atoms with Crippen molar-refractivity contribution in [1.29, 1.82) is 0 Å². The molecular weight excluding hydrogens is 188 g/mol. The maximum atomic E-state index is 12.8. The molecule has 0 unspecified atom stereocenters. The van der Waals surface area contributed by atoms with Crippen molar-refractivity contribution in [2.24, 2.45) is 0 Å². The molecule has 5 heteroatoms. The van der Waals surface area contributed by atoms with Crippen LogP contribution in [0.5, 0.6) is 0 Å². The van der Waals surface area contributed by atoms with E-state index >= 15 is 0 Å². The summed E-state index contributed by atoms with van der Waals surface area (Å²) in [6.45, 7) is 0.386. The van der Waals surface area contributed by atoms with Crippen molar-refractivity contribution < 1.29 is 8.78 Å². The van der Waals surface area contributed by atoms with Crippen molar-refractivity contribution in [3.8, 4) is 0 Å². The minimum Gasteiger partial charge on any atom is -0.248 e. The summed E-state index contributed by atoms with van der Waals surface area (Å²) in [5.74, 6) is -1.69. The van der Waals surface area contributed by atoms with Crippen molar-refractivity contribution >= 4 is 0 Å². The summed E-state index contributed by atoms with van der Waals surface area (Å²) < 4.78 is 26.9. The van der Waals surface area contributed by atoms with Crippen LogP contribution in [0.25, 0.3) is 0 Å². The van der Waals surface area contributed by atoms with Crippen LogP contribution in [-0.2, 0) is 6.54 Å². The number of hydrogen-bond donors (Lipinski definition) is 0. The van der Waals surface area contributed by atoms with E-state index in [1.165, 1.54) is 16.9 Å². The first-order chi connectivity index (χ1) is 6.75. The van der Waals surface area contributed by atoms with E-state index < -0.39 is 11.6 Å². The second kappa shape index (κ2) is 3.53. The molecule has 0 bridgehead atoms. The van der Waals surface area contributed by atoms with E-state index in [0.29, 0.717) is 12.1 Å². The standard InChI is InChI=1S/C9H7F2N3/c10-8-2-1-7(5-9(8)11)6-14-4-3-12-13-14/h1-5H,6H2. The molecule has 0 saturated carbocycles. The van der Waals surface area contributed by atoms with Crippen molar-refractivity contribution in [1.82, 2.24) is 15.0 Å². The fourth-order valence-corrected chi connectivity index (χ4v) is 1.14. The predicted molar refractivity (Wildman–Crippen MR) is 45.5 cm³/mol. The first-order valence-electron chi connectivity index (χ1n) is 4.04. The Labute approximate surface area is 79.0 Å². The van der Waals surface area contributed by atoms with Crippen LogP contribution in [0.1, 0.15) is 5.56 Å². The molecule has 0 radical (unpaired) electrons. The maximum absolute atomic E-state index is 12.8. The third-order valence-electron chi connectivity index (χ3n) is 1.80. The third-order valence-corrected chi connectivity index (χ3v) is 1.80. The molecule has 0 saturated heterocycles. The first-order valence-corrected chi connectivity index (χ1v) is 4.04. The smallest absolute Gasteiger partial charge is 0.159 e. The van der Waals surface area contributed by atoms with Crippen LogP contribution in [0.15, 0.2) is 30.6 Å². The van der Waals surface area contributed by atoms with Crippen LogP contribution in [-0.4, -0.2) is 15.0 Å². The molecule has 0 spiro atoms. The topological polar surface area (TPSA) is 30.7 Å². The van der Waals surface area contributed by atoms with Gasteiger partial charge in [0.2, 0.25) is 0 Å². The summed E-state index contributed by atoms with van der Waals surface area (Å²) in [5.41, 5.74) is 0.648. The van der Waals surface area contributed by atoms with E-state index in [9.17, 15) is 8.78 Å². The molecule has 0 amide bonds. The SMILES string of the molecule is Fc1ccc(Cn2ccnn2)cc1F. The molecule has 0 aliphatic carbocycles. The molecule has 2 aromatic rings. The molecule has 0 aliphatic heterocycles. The second-order valence-electron chi connectivity index (χ2n) is 2.85. The van der Waals surface area contributed by atoms with Crippen LogP contribution in [0.4, 0.5) is 8.78 Å². The lowest BCUT2D eigenvalue weighted by Gasteiger charge is -2.01. The van der Waals surface area contributed by atoms with Gasteiger partial charge in [-0.2, -0.15) is 0 Å². The average molecular weight is 195 g/mol.